The van der Waals surface area contributed by atoms with E-state index in [-0.39, 0.29) is 37.5 Å². The summed E-state index contributed by atoms with van der Waals surface area (Å²) in [6.45, 7) is 0.694. The van der Waals surface area contributed by atoms with E-state index in [1.807, 2.05) is 0 Å². The first-order valence-corrected chi connectivity index (χ1v) is 5.35. The minimum atomic E-state index is -0.652. The third-order valence-electron chi connectivity index (χ3n) is 2.12. The quantitative estimate of drug-likeness (QED) is 0.718. The number of benzene rings is 1. The van der Waals surface area contributed by atoms with Crippen molar-refractivity contribution in [1.29, 1.82) is 5.26 Å². The van der Waals surface area contributed by atoms with Crippen LogP contribution in [-0.4, -0.2) is 37.4 Å². The van der Waals surface area contributed by atoms with E-state index in [0.717, 1.165) is 6.07 Å². The van der Waals surface area contributed by atoms with Gasteiger partial charge in [0.25, 0.3) is 5.91 Å². The monoisotopic (exact) mass is 251 g/mol. The Labute approximate surface area is 104 Å². The van der Waals surface area contributed by atoms with E-state index in [0.29, 0.717) is 0 Å². The molecule has 5 nitrogen and oxygen atoms in total. The van der Waals surface area contributed by atoms with Crippen molar-refractivity contribution in [3.05, 3.63) is 35.1 Å². The normalized spacial score (nSPS) is 9.83. The number of nitrogens with one attached hydrogen (secondary N) is 1. The lowest BCUT2D eigenvalue weighted by Crippen LogP contribution is -2.27. The van der Waals surface area contributed by atoms with Crippen molar-refractivity contribution in [3.63, 3.8) is 0 Å². The highest BCUT2D eigenvalue weighted by atomic mass is 18.2. The zero-order valence-electron chi connectivity index (χ0n) is 9.65. The lowest BCUT2D eigenvalue weighted by molar-refractivity contribution is 0.0838. The minimum absolute atomic E-state index is 0.0720. The number of carbonyl (C=O) groups excluding carboxylic acids is 1. The molecule has 0 saturated carbocycles. The van der Waals surface area contributed by atoms with Crippen molar-refractivity contribution in [2.24, 2.45) is 0 Å². The maximum Gasteiger partial charge on any atom is 0.251 e. The molecule has 96 valence electrons. The zero-order valence-corrected chi connectivity index (χ0v) is 9.65. The molecular formula is C12H13FN2O3. The molecule has 0 spiro atoms. The van der Waals surface area contributed by atoms with E-state index in [4.69, 9.17) is 15.1 Å². The van der Waals surface area contributed by atoms with Crippen molar-refractivity contribution >= 4 is 5.91 Å². The Bertz CT molecular complexity index is 457. The third kappa shape index (κ3) is 4.13. The lowest BCUT2D eigenvalue weighted by atomic mass is 10.1. The van der Waals surface area contributed by atoms with E-state index >= 15 is 0 Å². The Morgan fingerprint density at radius 3 is 2.94 bits per heavy atom. The van der Waals surface area contributed by atoms with Crippen molar-refractivity contribution in [2.75, 3.05) is 26.4 Å². The van der Waals surface area contributed by atoms with Crippen LogP contribution in [0.2, 0.25) is 0 Å². The average molecular weight is 251 g/mol. The van der Waals surface area contributed by atoms with E-state index in [2.05, 4.69) is 5.32 Å². The maximum atomic E-state index is 13.0. The van der Waals surface area contributed by atoms with Crippen molar-refractivity contribution < 1.29 is 19.0 Å². The highest BCUT2D eigenvalue weighted by molar-refractivity contribution is 5.94. The van der Waals surface area contributed by atoms with Gasteiger partial charge in [0.15, 0.2) is 0 Å². The molecule has 0 aliphatic heterocycles. The molecule has 1 aromatic carbocycles. The van der Waals surface area contributed by atoms with Crippen molar-refractivity contribution in [2.45, 2.75) is 0 Å². The summed E-state index contributed by atoms with van der Waals surface area (Å²) in [5.41, 5.74) is 0.0503. The lowest BCUT2D eigenvalue weighted by Gasteiger charge is -2.06. The van der Waals surface area contributed by atoms with Gasteiger partial charge in [-0.2, -0.15) is 5.26 Å². The fourth-order valence-electron chi connectivity index (χ4n) is 1.26. The van der Waals surface area contributed by atoms with Gasteiger partial charge in [0, 0.05) is 12.1 Å². The molecule has 0 aromatic heterocycles. The molecule has 0 atom stereocenters. The van der Waals surface area contributed by atoms with Gasteiger partial charge in [-0.1, -0.05) is 0 Å². The number of amides is 1. The fraction of sp³-hybridized carbons (Fsp3) is 0.333. The molecule has 0 unspecified atom stereocenters. The third-order valence-corrected chi connectivity index (χ3v) is 2.12. The second-order valence-corrected chi connectivity index (χ2v) is 3.40. The van der Waals surface area contributed by atoms with Crippen LogP contribution >= 0.6 is 0 Å². The Kier molecular flexibility index (Phi) is 5.77. The standard InChI is InChI=1S/C12H13FN2O3/c13-11-2-1-9(7-10(11)8-14)12(17)15-3-5-18-6-4-16/h1-2,7,16H,3-6H2,(H,15,17)/i13-1. The molecule has 0 aliphatic rings. The molecule has 0 radical (unpaired) electrons. The second-order valence-electron chi connectivity index (χ2n) is 3.40. The number of hydrogen-bond acceptors (Lipinski definition) is 4. The summed E-state index contributed by atoms with van der Waals surface area (Å²) in [5.74, 6) is -1.06. The molecule has 0 fully saturated rings. The Balaban J connectivity index is 2.49. The molecular weight excluding hydrogens is 238 g/mol. The van der Waals surface area contributed by atoms with Crippen LogP contribution in [-0.2, 0) is 4.74 Å². The Hall–Kier alpha value is -1.97. The van der Waals surface area contributed by atoms with Gasteiger partial charge in [-0.25, -0.2) is 4.39 Å². The van der Waals surface area contributed by atoms with E-state index < -0.39 is 11.7 Å². The first-order valence-electron chi connectivity index (χ1n) is 5.35. The highest BCUT2D eigenvalue weighted by Crippen LogP contribution is 2.09. The summed E-state index contributed by atoms with van der Waals surface area (Å²) in [4.78, 5) is 11.6. The van der Waals surface area contributed by atoms with Gasteiger partial charge in [-0.3, -0.25) is 4.79 Å². The number of ether oxygens (including phenoxy) is 1. The molecule has 1 aromatic rings. The van der Waals surface area contributed by atoms with Gasteiger partial charge in [0.2, 0.25) is 0 Å². The van der Waals surface area contributed by atoms with E-state index in [1.54, 1.807) is 6.07 Å². The van der Waals surface area contributed by atoms with Gasteiger partial charge >= 0.3 is 0 Å². The van der Waals surface area contributed by atoms with Gasteiger partial charge in [-0.05, 0) is 18.2 Å². The van der Waals surface area contributed by atoms with E-state index in [9.17, 15) is 9.18 Å². The minimum Gasteiger partial charge on any atom is -0.394 e. The average Bonchev–Trinajstić information content (AvgIpc) is 2.38. The van der Waals surface area contributed by atoms with Crippen LogP contribution in [0, 0.1) is 17.1 Å². The molecule has 2 N–H and O–H groups in total. The van der Waals surface area contributed by atoms with Gasteiger partial charge < -0.3 is 15.2 Å². The van der Waals surface area contributed by atoms with Gasteiger partial charge in [0.05, 0.1) is 25.4 Å². The fourth-order valence-corrected chi connectivity index (χ4v) is 1.26. The maximum absolute atomic E-state index is 13.0. The second kappa shape index (κ2) is 7.37. The largest absolute Gasteiger partial charge is 0.394 e. The van der Waals surface area contributed by atoms with Crippen molar-refractivity contribution in [3.8, 4) is 6.07 Å². The van der Waals surface area contributed by atoms with Crippen LogP contribution in [0.1, 0.15) is 15.9 Å². The molecule has 0 saturated heterocycles. The number of nitrogens with zero attached hydrogens (tertiary/aromatic N) is 1. The highest BCUT2D eigenvalue weighted by Gasteiger charge is 2.08. The first-order chi connectivity index (χ1) is 8.69. The van der Waals surface area contributed by atoms with Gasteiger partial charge in [-0.15, -0.1) is 0 Å². The van der Waals surface area contributed by atoms with Crippen LogP contribution in [0.5, 0.6) is 0 Å². The summed E-state index contributed by atoms with van der Waals surface area (Å²) in [6, 6.07) is 5.25. The van der Waals surface area contributed by atoms with Crippen LogP contribution < -0.4 is 5.32 Å². The molecule has 6 heteroatoms. The number of hydrogen-bond donors (Lipinski definition) is 2. The Morgan fingerprint density at radius 1 is 1.50 bits per heavy atom. The zero-order chi connectivity index (χ0) is 13.4. The predicted octanol–water partition coefficient (Wildman–Crippen LogP) is 0.436. The van der Waals surface area contributed by atoms with Crippen molar-refractivity contribution in [1.82, 2.24) is 5.32 Å². The van der Waals surface area contributed by atoms with Crippen LogP contribution in [0.25, 0.3) is 0 Å². The number of rotatable bonds is 6. The smallest absolute Gasteiger partial charge is 0.251 e. The topological polar surface area (TPSA) is 82.4 Å². The number of aliphatic hydroxyl groups is 1. The van der Waals surface area contributed by atoms with E-state index in [1.165, 1.54) is 12.1 Å². The first kappa shape index (κ1) is 14.1. The number of nitriles is 1. The van der Waals surface area contributed by atoms with Crippen LogP contribution in [0.4, 0.5) is 4.39 Å². The number of aliphatic hydroxyl groups excluding tert-OH is 1. The summed E-state index contributed by atoms with van der Waals surface area (Å²) in [6.07, 6.45) is 0. The molecule has 1 amide bonds. The molecule has 1 rings (SSSR count). The SMILES string of the molecule is N#Cc1cc(C(=O)NCCOCCO)ccc1[18F]. The summed E-state index contributed by atoms with van der Waals surface area (Å²) >= 11 is 0. The van der Waals surface area contributed by atoms with Crippen LogP contribution in [0.15, 0.2) is 18.2 Å². The molecule has 0 aliphatic carbocycles. The summed E-state index contributed by atoms with van der Waals surface area (Å²) < 4.78 is 18.0. The summed E-state index contributed by atoms with van der Waals surface area (Å²) in [7, 11) is 0. The predicted molar refractivity (Wildman–Crippen MR) is 61.4 cm³/mol. The number of halogens is 1. The molecule has 0 heterocycles. The summed E-state index contributed by atoms with van der Waals surface area (Å²) in [5, 5.41) is 19.6. The Morgan fingerprint density at radius 2 is 2.28 bits per heavy atom. The number of carbonyl (C=O) groups is 1. The van der Waals surface area contributed by atoms with Crippen LogP contribution in [0.3, 0.4) is 0 Å². The van der Waals surface area contributed by atoms with Gasteiger partial charge in [0.1, 0.15) is 11.9 Å². The molecule has 0 bridgehead atoms. The molecule has 18 heavy (non-hydrogen) atoms.